The van der Waals surface area contributed by atoms with Crippen LogP contribution in [0.2, 0.25) is 0 Å². The quantitative estimate of drug-likeness (QED) is 0.795. The van der Waals surface area contributed by atoms with Gasteiger partial charge >= 0.3 is 0 Å². The van der Waals surface area contributed by atoms with Crippen LogP contribution in [0.1, 0.15) is 31.9 Å². The van der Waals surface area contributed by atoms with Crippen LogP contribution in [-0.4, -0.2) is 42.8 Å². The van der Waals surface area contributed by atoms with Gasteiger partial charge in [-0.2, -0.15) is 0 Å². The average Bonchev–Trinajstić information content (AvgIpc) is 2.30. The summed E-state index contributed by atoms with van der Waals surface area (Å²) in [5.41, 5.74) is -0.173. The monoisotopic (exact) mass is 268 g/mol. The van der Waals surface area contributed by atoms with E-state index in [1.54, 1.807) is 19.1 Å². The molecule has 0 aromatic heterocycles. The molecule has 0 saturated carbocycles. The molecule has 1 aromatic rings. The molecule has 0 bridgehead atoms. The summed E-state index contributed by atoms with van der Waals surface area (Å²) < 4.78 is 13.7. The zero-order chi connectivity index (χ0) is 14.5. The molecule has 0 aliphatic rings. The molecule has 0 aliphatic heterocycles. The summed E-state index contributed by atoms with van der Waals surface area (Å²) >= 11 is 0. The fourth-order valence-corrected chi connectivity index (χ4v) is 2.31. The van der Waals surface area contributed by atoms with Gasteiger partial charge in [0.25, 0.3) is 0 Å². The maximum atomic E-state index is 13.7. The van der Waals surface area contributed by atoms with Gasteiger partial charge in [-0.3, -0.25) is 0 Å². The van der Waals surface area contributed by atoms with Gasteiger partial charge in [-0.25, -0.2) is 4.39 Å². The predicted octanol–water partition coefficient (Wildman–Crippen LogP) is 2.18. The van der Waals surface area contributed by atoms with Crippen molar-refractivity contribution < 1.29 is 9.50 Å². The smallest absolute Gasteiger partial charge is 0.127 e. The number of benzene rings is 1. The number of aliphatic hydroxyl groups is 1. The molecule has 19 heavy (non-hydrogen) atoms. The molecule has 1 aromatic carbocycles. The molecule has 2 N–H and O–H groups in total. The Hall–Kier alpha value is -0.970. The first kappa shape index (κ1) is 16.1. The summed E-state index contributed by atoms with van der Waals surface area (Å²) in [7, 11) is 3.84. The minimum Gasteiger partial charge on any atom is -0.388 e. The molecule has 2 unspecified atom stereocenters. The van der Waals surface area contributed by atoms with Crippen molar-refractivity contribution in [2.75, 3.05) is 27.2 Å². The number of halogens is 1. The maximum Gasteiger partial charge on any atom is 0.127 e. The van der Waals surface area contributed by atoms with Crippen LogP contribution < -0.4 is 5.32 Å². The number of nitrogens with one attached hydrogen (secondary N) is 1. The fourth-order valence-electron chi connectivity index (χ4n) is 2.31. The summed E-state index contributed by atoms with van der Waals surface area (Å²) in [6.07, 6.45) is 0.777. The Morgan fingerprint density at radius 3 is 2.53 bits per heavy atom. The molecule has 2 atom stereocenters. The Morgan fingerprint density at radius 2 is 2.00 bits per heavy atom. The zero-order valence-corrected chi connectivity index (χ0v) is 12.3. The van der Waals surface area contributed by atoms with E-state index in [9.17, 15) is 9.50 Å². The van der Waals surface area contributed by atoms with E-state index in [1.807, 2.05) is 32.0 Å². The van der Waals surface area contributed by atoms with Crippen LogP contribution in [0.5, 0.6) is 0 Å². The van der Waals surface area contributed by atoms with E-state index in [-0.39, 0.29) is 11.9 Å². The van der Waals surface area contributed by atoms with Crippen molar-refractivity contribution in [3.05, 3.63) is 35.6 Å². The van der Waals surface area contributed by atoms with Crippen LogP contribution in [0.25, 0.3) is 0 Å². The van der Waals surface area contributed by atoms with Crippen LogP contribution >= 0.6 is 0 Å². The number of likely N-dealkylation sites (N-methyl/N-ethyl adjacent to an activating group) is 1. The number of hydrogen-bond acceptors (Lipinski definition) is 3. The van der Waals surface area contributed by atoms with E-state index >= 15 is 0 Å². The Balaban J connectivity index is 2.66. The van der Waals surface area contributed by atoms with E-state index in [0.29, 0.717) is 18.7 Å². The summed E-state index contributed by atoms with van der Waals surface area (Å²) in [6, 6.07) is 6.71. The standard InChI is InChI=1S/C15H25FN2O/c1-5-14(12-8-6-7-9-13(12)16)17-10-15(2,19)11-18(3)4/h6-9,14,17,19H,5,10-11H2,1-4H3. The second-order valence-electron chi connectivity index (χ2n) is 5.60. The highest BCUT2D eigenvalue weighted by Crippen LogP contribution is 2.20. The molecule has 0 spiro atoms. The lowest BCUT2D eigenvalue weighted by atomic mass is 10.0. The summed E-state index contributed by atoms with van der Waals surface area (Å²) in [5, 5.41) is 13.5. The third-order valence-corrected chi connectivity index (χ3v) is 3.08. The van der Waals surface area contributed by atoms with Crippen molar-refractivity contribution in [1.29, 1.82) is 0 Å². The molecule has 108 valence electrons. The zero-order valence-electron chi connectivity index (χ0n) is 12.3. The molecule has 1 rings (SSSR count). The Kier molecular flexibility index (Phi) is 5.91. The third-order valence-electron chi connectivity index (χ3n) is 3.08. The van der Waals surface area contributed by atoms with Crippen molar-refractivity contribution in [3.8, 4) is 0 Å². The third kappa shape index (κ3) is 5.27. The minimum absolute atomic E-state index is 0.0742. The summed E-state index contributed by atoms with van der Waals surface area (Å²) in [4.78, 5) is 1.94. The highest BCUT2D eigenvalue weighted by atomic mass is 19.1. The molecule has 0 amide bonds. The highest BCUT2D eigenvalue weighted by molar-refractivity contribution is 5.21. The van der Waals surface area contributed by atoms with Crippen molar-refractivity contribution in [3.63, 3.8) is 0 Å². The van der Waals surface area contributed by atoms with Gasteiger partial charge < -0.3 is 15.3 Å². The van der Waals surface area contributed by atoms with Crippen LogP contribution in [0, 0.1) is 5.82 Å². The van der Waals surface area contributed by atoms with Gasteiger partial charge in [-0.15, -0.1) is 0 Å². The van der Waals surface area contributed by atoms with Gasteiger partial charge in [0, 0.05) is 24.7 Å². The van der Waals surface area contributed by atoms with Crippen LogP contribution in [0.15, 0.2) is 24.3 Å². The first-order chi connectivity index (χ1) is 8.85. The Labute approximate surface area is 115 Å². The molecular formula is C15H25FN2O. The second kappa shape index (κ2) is 6.98. The lowest BCUT2D eigenvalue weighted by molar-refractivity contribution is 0.0310. The molecule has 0 fully saturated rings. The summed E-state index contributed by atoms with van der Waals surface area (Å²) in [5.74, 6) is -0.200. The van der Waals surface area contributed by atoms with Crippen molar-refractivity contribution >= 4 is 0 Å². The predicted molar refractivity (Wildman–Crippen MR) is 76.6 cm³/mol. The molecule has 0 radical (unpaired) electrons. The van der Waals surface area contributed by atoms with Gasteiger partial charge in [0.1, 0.15) is 5.82 Å². The van der Waals surface area contributed by atoms with Gasteiger partial charge in [0.15, 0.2) is 0 Å². The molecule has 0 heterocycles. The molecular weight excluding hydrogens is 243 g/mol. The van der Waals surface area contributed by atoms with Crippen molar-refractivity contribution in [2.45, 2.75) is 31.9 Å². The van der Waals surface area contributed by atoms with Gasteiger partial charge in [0.2, 0.25) is 0 Å². The van der Waals surface area contributed by atoms with Crippen LogP contribution in [0.4, 0.5) is 4.39 Å². The molecule has 4 heteroatoms. The SMILES string of the molecule is CCC(NCC(C)(O)CN(C)C)c1ccccc1F. The fraction of sp³-hybridized carbons (Fsp3) is 0.600. The highest BCUT2D eigenvalue weighted by Gasteiger charge is 2.23. The van der Waals surface area contributed by atoms with Gasteiger partial charge in [0.05, 0.1) is 5.60 Å². The molecule has 0 saturated heterocycles. The molecule has 3 nitrogen and oxygen atoms in total. The van der Waals surface area contributed by atoms with Crippen molar-refractivity contribution in [2.24, 2.45) is 0 Å². The van der Waals surface area contributed by atoms with Crippen LogP contribution in [-0.2, 0) is 0 Å². The normalized spacial score (nSPS) is 16.4. The van der Waals surface area contributed by atoms with Gasteiger partial charge in [-0.1, -0.05) is 25.1 Å². The van der Waals surface area contributed by atoms with Gasteiger partial charge in [-0.05, 0) is 33.5 Å². The second-order valence-corrected chi connectivity index (χ2v) is 5.60. The van der Waals surface area contributed by atoms with E-state index in [1.165, 1.54) is 6.07 Å². The van der Waals surface area contributed by atoms with E-state index in [4.69, 9.17) is 0 Å². The van der Waals surface area contributed by atoms with Crippen molar-refractivity contribution in [1.82, 2.24) is 10.2 Å². The first-order valence-corrected chi connectivity index (χ1v) is 6.70. The molecule has 0 aliphatic carbocycles. The van der Waals surface area contributed by atoms with E-state index in [2.05, 4.69) is 5.32 Å². The lowest BCUT2D eigenvalue weighted by Crippen LogP contribution is -2.46. The number of hydrogen-bond donors (Lipinski definition) is 2. The first-order valence-electron chi connectivity index (χ1n) is 6.70. The minimum atomic E-state index is -0.831. The van der Waals surface area contributed by atoms with E-state index < -0.39 is 5.60 Å². The summed E-state index contributed by atoms with van der Waals surface area (Å²) in [6.45, 7) is 4.78. The van der Waals surface area contributed by atoms with Crippen LogP contribution in [0.3, 0.4) is 0 Å². The Morgan fingerprint density at radius 1 is 1.37 bits per heavy atom. The lowest BCUT2D eigenvalue weighted by Gasteiger charge is -2.29. The van der Waals surface area contributed by atoms with E-state index in [0.717, 1.165) is 6.42 Å². The topological polar surface area (TPSA) is 35.5 Å². The largest absolute Gasteiger partial charge is 0.388 e. The average molecular weight is 268 g/mol. The maximum absolute atomic E-state index is 13.7. The number of rotatable bonds is 7. The Bertz CT molecular complexity index is 393. The number of nitrogens with zero attached hydrogens (tertiary/aromatic N) is 1.